The van der Waals surface area contributed by atoms with Crippen molar-refractivity contribution in [3.8, 4) is 0 Å². The Kier molecular flexibility index (Phi) is 2.59. The molecule has 74 valence electrons. The minimum Gasteiger partial charge on any atom is -0.479 e. The van der Waals surface area contributed by atoms with E-state index in [2.05, 4.69) is 0 Å². The van der Waals surface area contributed by atoms with Crippen LogP contribution in [-0.2, 0) is 9.59 Å². The lowest BCUT2D eigenvalue weighted by Crippen LogP contribution is -2.61. The van der Waals surface area contributed by atoms with Crippen molar-refractivity contribution in [1.29, 1.82) is 0 Å². The monoisotopic (exact) mass is 185 g/mol. The van der Waals surface area contributed by atoms with Crippen LogP contribution in [0.1, 0.15) is 26.7 Å². The fourth-order valence-corrected chi connectivity index (χ4v) is 2.10. The number of hydrogen-bond acceptors (Lipinski definition) is 2. The van der Waals surface area contributed by atoms with E-state index in [0.717, 1.165) is 0 Å². The highest BCUT2D eigenvalue weighted by molar-refractivity contribution is 5.82. The van der Waals surface area contributed by atoms with Crippen LogP contribution in [0.2, 0.25) is 0 Å². The Morgan fingerprint density at radius 3 is 2.46 bits per heavy atom. The van der Waals surface area contributed by atoms with E-state index in [4.69, 9.17) is 5.11 Å². The number of carbonyl (C=O) groups is 2. The first kappa shape index (κ1) is 10.0. The number of rotatable bonds is 4. The average Bonchev–Trinajstić information content (AvgIpc) is 2.02. The summed E-state index contributed by atoms with van der Waals surface area (Å²) in [6, 6.07) is 0. The average molecular weight is 185 g/mol. The Morgan fingerprint density at radius 1 is 1.69 bits per heavy atom. The Bertz CT molecular complexity index is 221. The predicted octanol–water partition coefficient (Wildman–Crippen LogP) is 0.718. The number of carboxylic acids is 1. The number of carbonyl (C=O) groups excluding carboxylic acids is 1. The molecule has 4 nitrogen and oxygen atoms in total. The largest absolute Gasteiger partial charge is 0.479 e. The molecule has 0 unspecified atom stereocenters. The SMILES string of the molecule is CCN(C=O)C1(C(=O)O)CC(C)C1. The lowest BCUT2D eigenvalue weighted by atomic mass is 9.68. The molecule has 0 aromatic rings. The number of nitrogens with zero attached hydrogens (tertiary/aromatic N) is 1. The van der Waals surface area contributed by atoms with E-state index in [1.165, 1.54) is 4.90 Å². The third-order valence-corrected chi connectivity index (χ3v) is 2.79. The van der Waals surface area contributed by atoms with Crippen LogP contribution in [0.25, 0.3) is 0 Å². The number of aliphatic carboxylic acids is 1. The maximum absolute atomic E-state index is 11.0. The normalized spacial score (nSPS) is 32.0. The molecule has 0 spiro atoms. The van der Waals surface area contributed by atoms with Gasteiger partial charge in [-0.2, -0.15) is 0 Å². The molecule has 1 fully saturated rings. The van der Waals surface area contributed by atoms with Crippen molar-refractivity contribution in [3.05, 3.63) is 0 Å². The van der Waals surface area contributed by atoms with Gasteiger partial charge < -0.3 is 10.0 Å². The van der Waals surface area contributed by atoms with Crippen LogP contribution in [0.4, 0.5) is 0 Å². The second kappa shape index (κ2) is 3.36. The van der Waals surface area contributed by atoms with Crippen molar-refractivity contribution in [3.63, 3.8) is 0 Å². The Labute approximate surface area is 77.5 Å². The van der Waals surface area contributed by atoms with Gasteiger partial charge in [0.05, 0.1) is 0 Å². The number of amides is 1. The van der Waals surface area contributed by atoms with Crippen molar-refractivity contribution < 1.29 is 14.7 Å². The van der Waals surface area contributed by atoms with Gasteiger partial charge in [-0.1, -0.05) is 6.92 Å². The summed E-state index contributed by atoms with van der Waals surface area (Å²) in [5, 5.41) is 9.03. The molecule has 0 atom stereocenters. The zero-order valence-electron chi connectivity index (χ0n) is 7.99. The second-order valence-electron chi connectivity index (χ2n) is 3.74. The van der Waals surface area contributed by atoms with Gasteiger partial charge in [-0.3, -0.25) is 4.79 Å². The number of hydrogen-bond donors (Lipinski definition) is 1. The van der Waals surface area contributed by atoms with E-state index in [1.807, 2.05) is 6.92 Å². The molecule has 0 bridgehead atoms. The van der Waals surface area contributed by atoms with Crippen molar-refractivity contribution in [2.75, 3.05) is 6.54 Å². The molecule has 0 aliphatic heterocycles. The Hall–Kier alpha value is -1.06. The zero-order chi connectivity index (χ0) is 10.1. The maximum Gasteiger partial charge on any atom is 0.329 e. The summed E-state index contributed by atoms with van der Waals surface area (Å²) in [5.41, 5.74) is -0.907. The summed E-state index contributed by atoms with van der Waals surface area (Å²) in [4.78, 5) is 23.0. The summed E-state index contributed by atoms with van der Waals surface area (Å²) in [5.74, 6) is -0.468. The second-order valence-corrected chi connectivity index (χ2v) is 3.74. The van der Waals surface area contributed by atoms with Crippen LogP contribution < -0.4 is 0 Å². The van der Waals surface area contributed by atoms with Crippen LogP contribution in [-0.4, -0.2) is 34.5 Å². The molecule has 1 saturated carbocycles. The molecule has 4 heteroatoms. The van der Waals surface area contributed by atoms with Gasteiger partial charge in [-0.05, 0) is 25.7 Å². The van der Waals surface area contributed by atoms with Crippen LogP contribution in [0.15, 0.2) is 0 Å². The Morgan fingerprint density at radius 2 is 2.23 bits per heavy atom. The highest BCUT2D eigenvalue weighted by Gasteiger charge is 2.52. The minimum absolute atomic E-state index is 0.407. The van der Waals surface area contributed by atoms with Crippen LogP contribution in [0.3, 0.4) is 0 Å². The molecule has 0 saturated heterocycles. The van der Waals surface area contributed by atoms with E-state index >= 15 is 0 Å². The lowest BCUT2D eigenvalue weighted by molar-refractivity contribution is -0.165. The third-order valence-electron chi connectivity index (χ3n) is 2.79. The summed E-state index contributed by atoms with van der Waals surface area (Å²) < 4.78 is 0. The van der Waals surface area contributed by atoms with E-state index in [0.29, 0.717) is 31.7 Å². The maximum atomic E-state index is 11.0. The molecular formula is C9H15NO3. The number of carboxylic acid groups (broad SMARTS) is 1. The molecule has 1 rings (SSSR count). The molecular weight excluding hydrogens is 170 g/mol. The van der Waals surface area contributed by atoms with Crippen LogP contribution >= 0.6 is 0 Å². The summed E-state index contributed by atoms with van der Waals surface area (Å²) in [6.07, 6.45) is 1.80. The van der Waals surface area contributed by atoms with Gasteiger partial charge in [0.25, 0.3) is 0 Å². The van der Waals surface area contributed by atoms with E-state index in [-0.39, 0.29) is 0 Å². The van der Waals surface area contributed by atoms with Gasteiger partial charge >= 0.3 is 5.97 Å². The first-order valence-electron chi connectivity index (χ1n) is 4.52. The summed E-state index contributed by atoms with van der Waals surface area (Å²) in [6.45, 7) is 4.25. The molecule has 1 aliphatic carbocycles. The highest BCUT2D eigenvalue weighted by atomic mass is 16.4. The van der Waals surface area contributed by atoms with Gasteiger partial charge in [0.15, 0.2) is 0 Å². The van der Waals surface area contributed by atoms with Crippen LogP contribution in [0.5, 0.6) is 0 Å². The zero-order valence-corrected chi connectivity index (χ0v) is 7.99. The minimum atomic E-state index is -0.907. The van der Waals surface area contributed by atoms with Gasteiger partial charge in [0.2, 0.25) is 6.41 Å². The molecule has 1 N–H and O–H groups in total. The van der Waals surface area contributed by atoms with Gasteiger partial charge in [0.1, 0.15) is 5.54 Å². The Balaban J connectivity index is 2.80. The van der Waals surface area contributed by atoms with Crippen molar-refractivity contribution >= 4 is 12.4 Å². The van der Waals surface area contributed by atoms with Crippen LogP contribution in [0, 0.1) is 5.92 Å². The number of likely N-dealkylation sites (N-methyl/N-ethyl adjacent to an activating group) is 1. The lowest BCUT2D eigenvalue weighted by Gasteiger charge is -2.48. The molecule has 1 aliphatic rings. The van der Waals surface area contributed by atoms with Gasteiger partial charge in [0, 0.05) is 6.54 Å². The fourth-order valence-electron chi connectivity index (χ4n) is 2.10. The third kappa shape index (κ3) is 1.41. The van der Waals surface area contributed by atoms with Crippen molar-refractivity contribution in [2.45, 2.75) is 32.2 Å². The molecule has 13 heavy (non-hydrogen) atoms. The van der Waals surface area contributed by atoms with Crippen molar-refractivity contribution in [2.24, 2.45) is 5.92 Å². The smallest absolute Gasteiger partial charge is 0.329 e. The quantitative estimate of drug-likeness (QED) is 0.656. The molecule has 1 amide bonds. The molecule has 0 aromatic heterocycles. The highest BCUT2D eigenvalue weighted by Crippen LogP contribution is 2.41. The molecule has 0 aromatic carbocycles. The summed E-state index contributed by atoms with van der Waals surface area (Å²) in [7, 11) is 0. The van der Waals surface area contributed by atoms with Gasteiger partial charge in [-0.25, -0.2) is 4.79 Å². The fraction of sp³-hybridized carbons (Fsp3) is 0.778. The predicted molar refractivity (Wildman–Crippen MR) is 47.2 cm³/mol. The van der Waals surface area contributed by atoms with Gasteiger partial charge in [-0.15, -0.1) is 0 Å². The first-order chi connectivity index (χ1) is 6.06. The van der Waals surface area contributed by atoms with Crippen molar-refractivity contribution in [1.82, 2.24) is 4.90 Å². The topological polar surface area (TPSA) is 57.6 Å². The first-order valence-corrected chi connectivity index (χ1v) is 4.52. The van der Waals surface area contributed by atoms with E-state index in [1.54, 1.807) is 6.92 Å². The van der Waals surface area contributed by atoms with E-state index in [9.17, 15) is 9.59 Å². The standard InChI is InChI=1S/C9H15NO3/c1-3-10(6-11)9(8(12)13)4-7(2)5-9/h6-7H,3-5H2,1-2H3,(H,12,13). The summed E-state index contributed by atoms with van der Waals surface area (Å²) >= 11 is 0. The van der Waals surface area contributed by atoms with E-state index < -0.39 is 11.5 Å². The molecule has 0 radical (unpaired) electrons. The molecule has 0 heterocycles.